The standard InChI is InChI=1S/C70H124N12O13/c1-25-27-28-45(13)58(83)57-62(87)73-50(26-2)65(90)75(18)49(17)64(89)80(23)56(46(14)36-82-34-33-70(37-82)38-95-39-70)61(86)74-54(43(9)10)68(93)76(19)51(31-29-40(3)4)60(85)71-47(15)59(84)72-48(16)63(88)78(21)53(35-42(7)8)67(92)77(20)52(32-30-41(5)6)66(91)79(22)55(44(11)12)69(94)81(57)24/h25,27,40-58,83H,26,28-39H2,1-24H3,(H,71,85)(H,72,84)(H,73,87)(H,74,86)/b27-25+/t45-,46-,47+,48-,49-,50+,51+,52+,53+,54+,55+,56+,57+,58-/m1/s1. The Hall–Kier alpha value is -6.21. The lowest BCUT2D eigenvalue weighted by atomic mass is 9.85. The number of hydrogen-bond acceptors (Lipinski definition) is 14. The molecule has 3 heterocycles. The van der Waals surface area contributed by atoms with Crippen molar-refractivity contribution in [3.8, 4) is 0 Å². The number of carbonyl (C=O) groups is 11. The molecular formula is C70H124N12O13. The zero-order chi connectivity index (χ0) is 72.6. The van der Waals surface area contributed by atoms with Crippen LogP contribution >= 0.6 is 0 Å². The fraction of sp³-hybridized carbons (Fsp3) is 0.814. The number of likely N-dealkylation sites (tertiary alicyclic amines) is 1. The average molecular weight is 1340 g/mol. The van der Waals surface area contributed by atoms with Crippen molar-refractivity contribution in [1.29, 1.82) is 0 Å². The molecule has 0 unspecified atom stereocenters. The van der Waals surface area contributed by atoms with Gasteiger partial charge in [0.15, 0.2) is 0 Å². The topological polar surface area (TPSA) is 291 Å². The molecule has 14 atom stereocenters. The number of nitrogens with zero attached hydrogens (tertiary/aromatic N) is 8. The number of nitrogens with one attached hydrogen (secondary N) is 4. The zero-order valence-electron chi connectivity index (χ0n) is 62.2. The number of amides is 11. The van der Waals surface area contributed by atoms with E-state index in [-0.39, 0.29) is 48.9 Å². The van der Waals surface area contributed by atoms with Crippen molar-refractivity contribution in [2.45, 2.75) is 242 Å². The summed E-state index contributed by atoms with van der Waals surface area (Å²) in [6.07, 6.45) is 4.77. The summed E-state index contributed by atoms with van der Waals surface area (Å²) in [5.41, 5.74) is -0.00290. The summed E-state index contributed by atoms with van der Waals surface area (Å²) in [5, 5.41) is 23.5. The van der Waals surface area contributed by atoms with Gasteiger partial charge in [0.2, 0.25) is 65.0 Å². The van der Waals surface area contributed by atoms with Gasteiger partial charge in [-0.25, -0.2) is 0 Å². The molecule has 0 aromatic heterocycles. The molecule has 25 heteroatoms. The maximum absolute atomic E-state index is 15.3. The van der Waals surface area contributed by atoms with Crippen molar-refractivity contribution in [3.63, 3.8) is 0 Å². The Kier molecular flexibility index (Phi) is 32.3. The lowest BCUT2D eigenvalue weighted by molar-refractivity contribution is -0.157. The van der Waals surface area contributed by atoms with Crippen molar-refractivity contribution in [2.75, 3.05) is 82.2 Å². The van der Waals surface area contributed by atoms with Crippen LogP contribution in [0.2, 0.25) is 0 Å². The minimum Gasteiger partial charge on any atom is -0.390 e. The summed E-state index contributed by atoms with van der Waals surface area (Å²) in [6, 6.07) is -13.8. The molecule has 3 aliphatic rings. The summed E-state index contributed by atoms with van der Waals surface area (Å²) in [5.74, 6) is -9.68. The van der Waals surface area contributed by atoms with Gasteiger partial charge in [-0.1, -0.05) is 102 Å². The summed E-state index contributed by atoms with van der Waals surface area (Å²) in [6.45, 7) is 33.2. The molecule has 1 spiro atoms. The second-order valence-electron chi connectivity index (χ2n) is 29.9. The van der Waals surface area contributed by atoms with E-state index in [0.717, 1.165) is 24.4 Å². The molecule has 0 saturated carbocycles. The first-order valence-electron chi connectivity index (χ1n) is 34.8. The molecular weight excluding hydrogens is 1220 g/mol. The molecule has 3 saturated heterocycles. The van der Waals surface area contributed by atoms with Gasteiger partial charge in [-0.15, -0.1) is 0 Å². The smallest absolute Gasteiger partial charge is 0.246 e. The van der Waals surface area contributed by atoms with E-state index in [1.165, 1.54) is 99.5 Å². The Morgan fingerprint density at radius 2 is 1.03 bits per heavy atom. The van der Waals surface area contributed by atoms with E-state index >= 15 is 33.6 Å². The summed E-state index contributed by atoms with van der Waals surface area (Å²) >= 11 is 0. The molecule has 3 rings (SSSR count). The molecule has 0 aliphatic carbocycles. The van der Waals surface area contributed by atoms with Gasteiger partial charge >= 0.3 is 0 Å². The van der Waals surface area contributed by atoms with Gasteiger partial charge in [0, 0.05) is 67.8 Å². The van der Waals surface area contributed by atoms with Gasteiger partial charge in [-0.2, -0.15) is 0 Å². The van der Waals surface area contributed by atoms with Gasteiger partial charge in [0.05, 0.1) is 19.3 Å². The van der Waals surface area contributed by atoms with E-state index < -0.39 is 161 Å². The molecule has 3 fully saturated rings. The Morgan fingerprint density at radius 3 is 1.53 bits per heavy atom. The van der Waals surface area contributed by atoms with Crippen molar-refractivity contribution >= 4 is 65.0 Å². The van der Waals surface area contributed by atoms with E-state index in [4.69, 9.17) is 4.74 Å². The van der Waals surface area contributed by atoms with Crippen LogP contribution < -0.4 is 21.3 Å². The van der Waals surface area contributed by atoms with Crippen LogP contribution in [0.3, 0.4) is 0 Å². The molecule has 11 amide bonds. The van der Waals surface area contributed by atoms with Crippen molar-refractivity contribution in [1.82, 2.24) is 60.5 Å². The quantitative estimate of drug-likeness (QED) is 0.122. The predicted molar refractivity (Wildman–Crippen MR) is 366 cm³/mol. The molecule has 5 N–H and O–H groups in total. The predicted octanol–water partition coefficient (Wildman–Crippen LogP) is 3.75. The van der Waals surface area contributed by atoms with Gasteiger partial charge in [0.1, 0.15) is 66.5 Å². The third kappa shape index (κ3) is 21.6. The number of allylic oxidation sites excluding steroid dienone is 2. The molecule has 0 aromatic carbocycles. The third-order valence-corrected chi connectivity index (χ3v) is 19.9. The number of carbonyl (C=O) groups excluding carboxylic acids is 11. The number of aliphatic hydroxyl groups is 1. The van der Waals surface area contributed by atoms with Gasteiger partial charge in [-0.3, -0.25) is 52.7 Å². The van der Waals surface area contributed by atoms with Crippen LogP contribution in [0.4, 0.5) is 0 Å². The fourth-order valence-corrected chi connectivity index (χ4v) is 13.3. The van der Waals surface area contributed by atoms with E-state index in [1.807, 2.05) is 61.5 Å². The third-order valence-electron chi connectivity index (χ3n) is 19.9. The molecule has 0 bridgehead atoms. The maximum Gasteiger partial charge on any atom is 0.246 e. The Labute approximate surface area is 568 Å². The van der Waals surface area contributed by atoms with Crippen LogP contribution in [0.1, 0.15) is 169 Å². The molecule has 0 radical (unpaired) electrons. The number of rotatable bonds is 18. The lowest BCUT2D eigenvalue weighted by Crippen LogP contribution is -2.64. The molecule has 25 nitrogen and oxygen atoms in total. The average Bonchev–Trinajstić information content (AvgIpc) is 1.79. The number of hydrogen-bond donors (Lipinski definition) is 5. The highest BCUT2D eigenvalue weighted by atomic mass is 16.5. The Morgan fingerprint density at radius 1 is 0.526 bits per heavy atom. The molecule has 95 heavy (non-hydrogen) atoms. The normalized spacial score (nSPS) is 28.6. The fourth-order valence-electron chi connectivity index (χ4n) is 13.3. The first-order chi connectivity index (χ1) is 44.1. The van der Waals surface area contributed by atoms with E-state index in [9.17, 15) is 24.3 Å². The highest BCUT2D eigenvalue weighted by Gasteiger charge is 2.48. The van der Waals surface area contributed by atoms with Gasteiger partial charge in [-0.05, 0) is 127 Å². The maximum atomic E-state index is 15.3. The van der Waals surface area contributed by atoms with Crippen LogP contribution in [0.15, 0.2) is 12.2 Å². The number of aliphatic hydroxyl groups excluding tert-OH is 1. The van der Waals surface area contributed by atoms with Crippen molar-refractivity contribution in [2.24, 2.45) is 46.8 Å². The zero-order valence-corrected chi connectivity index (χ0v) is 62.2. The number of ether oxygens (including phenoxy) is 1. The van der Waals surface area contributed by atoms with E-state index in [0.29, 0.717) is 39.0 Å². The first kappa shape index (κ1) is 83.0. The molecule has 3 aliphatic heterocycles. The van der Waals surface area contributed by atoms with Crippen molar-refractivity contribution < 1.29 is 62.6 Å². The summed E-state index contributed by atoms with van der Waals surface area (Å²) < 4.78 is 5.60. The van der Waals surface area contributed by atoms with Crippen LogP contribution in [0.5, 0.6) is 0 Å². The van der Waals surface area contributed by atoms with Crippen molar-refractivity contribution in [3.05, 3.63) is 12.2 Å². The van der Waals surface area contributed by atoms with Crippen LogP contribution in [-0.2, 0) is 57.5 Å². The van der Waals surface area contributed by atoms with E-state index in [1.54, 1.807) is 47.6 Å². The summed E-state index contributed by atoms with van der Waals surface area (Å²) in [4.78, 5) is 175. The summed E-state index contributed by atoms with van der Waals surface area (Å²) in [7, 11) is 10.1. The highest BCUT2D eigenvalue weighted by molar-refractivity contribution is 6.00. The van der Waals surface area contributed by atoms with Gasteiger partial charge in [0.25, 0.3) is 0 Å². The van der Waals surface area contributed by atoms with Crippen LogP contribution in [0.25, 0.3) is 0 Å². The largest absolute Gasteiger partial charge is 0.390 e. The Bertz CT molecular complexity index is 2670. The van der Waals surface area contributed by atoms with E-state index in [2.05, 4.69) is 26.2 Å². The molecule has 542 valence electrons. The molecule has 0 aromatic rings. The monoisotopic (exact) mass is 1340 g/mol. The highest BCUT2D eigenvalue weighted by Crippen LogP contribution is 2.38. The number of likely N-dealkylation sites (N-methyl/N-ethyl adjacent to an activating group) is 7. The lowest BCUT2D eigenvalue weighted by Gasteiger charge is -2.41. The Balaban J connectivity index is 2.35. The minimum atomic E-state index is -1.63. The minimum absolute atomic E-state index is 0.00290. The second-order valence-corrected chi connectivity index (χ2v) is 29.9. The first-order valence-corrected chi connectivity index (χ1v) is 34.8. The van der Waals surface area contributed by atoms with Crippen LogP contribution in [0, 0.1) is 46.8 Å². The van der Waals surface area contributed by atoms with Gasteiger partial charge < -0.3 is 70.3 Å². The second kappa shape index (κ2) is 36.9. The van der Waals surface area contributed by atoms with Crippen LogP contribution in [-0.4, -0.2) is 264 Å². The SMILES string of the molecule is C/C=C/C[C@@H](C)[C@@H](O)[C@H]1C(=O)N[C@@H](CC)C(=O)N(C)[C@H](C)C(=O)N(C)[C@@H]([C@H](C)CN2CCC3(COC3)C2)C(=O)N[C@@H](C(C)C)C(=O)N(C)[C@@H](CCC(C)C)C(=O)N[C@@H](C)C(=O)N[C@H](C)C(=O)N(C)[C@@H](CC(C)C)C(=O)N(C)[C@@H](CCC(C)C)C(=O)N(C)[C@@H](C(C)C)C(=O)N1C.